The number of carboxylic acid groups (broad SMARTS) is 1. The first-order valence-corrected chi connectivity index (χ1v) is 6.20. The average Bonchev–Trinajstić information content (AvgIpc) is 2.76. The highest BCUT2D eigenvalue weighted by Crippen LogP contribution is 2.38. The fraction of sp³-hybridized carbons (Fsp3) is 0.286. The van der Waals surface area contributed by atoms with Gasteiger partial charge in [0, 0.05) is 25.2 Å². The van der Waals surface area contributed by atoms with Crippen molar-refractivity contribution in [2.75, 3.05) is 0 Å². The fourth-order valence-corrected chi connectivity index (χ4v) is 2.13. The Morgan fingerprint density at radius 3 is 2.57 bits per heavy atom. The van der Waals surface area contributed by atoms with Gasteiger partial charge in [-0.05, 0) is 11.6 Å². The van der Waals surface area contributed by atoms with Gasteiger partial charge in [-0.2, -0.15) is 18.3 Å². The van der Waals surface area contributed by atoms with Crippen LogP contribution in [0.5, 0.6) is 0 Å². The fourth-order valence-electron chi connectivity index (χ4n) is 2.13. The predicted molar refractivity (Wildman–Crippen MR) is 69.6 cm³/mol. The van der Waals surface area contributed by atoms with Crippen molar-refractivity contribution in [3.05, 3.63) is 41.7 Å². The molecule has 0 radical (unpaired) electrons. The number of hydrogen-bond acceptors (Lipinski definition) is 2. The summed E-state index contributed by atoms with van der Waals surface area (Å²) < 4.78 is 40.6. The highest BCUT2D eigenvalue weighted by atomic mass is 19.4. The van der Waals surface area contributed by atoms with Gasteiger partial charge in [0.15, 0.2) is 0 Å². The highest BCUT2D eigenvalue weighted by Gasteiger charge is 2.34. The third-order valence-corrected chi connectivity index (χ3v) is 3.00. The van der Waals surface area contributed by atoms with E-state index < -0.39 is 17.7 Å². The van der Waals surface area contributed by atoms with E-state index in [1.807, 2.05) is 0 Å². The van der Waals surface area contributed by atoms with Crippen molar-refractivity contribution in [2.45, 2.75) is 19.0 Å². The van der Waals surface area contributed by atoms with Gasteiger partial charge in [0.2, 0.25) is 0 Å². The van der Waals surface area contributed by atoms with E-state index in [9.17, 15) is 18.0 Å². The summed E-state index contributed by atoms with van der Waals surface area (Å²) in [5.74, 6) is -1.02. The van der Waals surface area contributed by atoms with Crippen molar-refractivity contribution in [1.82, 2.24) is 9.78 Å². The van der Waals surface area contributed by atoms with Gasteiger partial charge < -0.3 is 5.11 Å². The van der Waals surface area contributed by atoms with Crippen LogP contribution in [0.2, 0.25) is 0 Å². The molecule has 2 rings (SSSR count). The van der Waals surface area contributed by atoms with Crippen molar-refractivity contribution >= 4 is 5.97 Å². The van der Waals surface area contributed by atoms with Gasteiger partial charge in [0.25, 0.3) is 0 Å². The lowest BCUT2D eigenvalue weighted by Crippen LogP contribution is -2.07. The van der Waals surface area contributed by atoms with E-state index in [-0.39, 0.29) is 18.4 Å². The smallest absolute Gasteiger partial charge is 0.417 e. The number of nitrogens with zero attached hydrogens (tertiary/aromatic N) is 2. The average molecular weight is 298 g/mol. The Bertz CT molecular complexity index is 662. The van der Waals surface area contributed by atoms with Crippen molar-refractivity contribution in [2.24, 2.45) is 7.05 Å². The highest BCUT2D eigenvalue weighted by molar-refractivity contribution is 5.71. The molecule has 0 aliphatic heterocycles. The standard InChI is InChI=1S/C14H13F3N2O2/c1-19-8-10(12(18-19)6-7-13(20)21)9-4-2-3-5-11(9)14(15,16)17/h2-5,8H,6-7H2,1H3,(H,20,21). The molecule has 1 aromatic carbocycles. The molecule has 0 unspecified atom stereocenters. The number of carbonyl (C=O) groups is 1. The van der Waals surface area contributed by atoms with Crippen LogP contribution in [0.15, 0.2) is 30.5 Å². The number of alkyl halides is 3. The van der Waals surface area contributed by atoms with Crippen LogP contribution in [-0.4, -0.2) is 20.9 Å². The van der Waals surface area contributed by atoms with Crippen LogP contribution in [0, 0.1) is 0 Å². The lowest BCUT2D eigenvalue weighted by molar-refractivity contribution is -0.138. The molecular weight excluding hydrogens is 285 g/mol. The molecule has 0 aliphatic carbocycles. The third-order valence-electron chi connectivity index (χ3n) is 3.00. The second kappa shape index (κ2) is 5.59. The maximum Gasteiger partial charge on any atom is 0.417 e. The number of benzene rings is 1. The molecule has 0 saturated carbocycles. The summed E-state index contributed by atoms with van der Waals surface area (Å²) in [4.78, 5) is 10.6. The Morgan fingerprint density at radius 2 is 1.95 bits per heavy atom. The topological polar surface area (TPSA) is 55.1 Å². The molecule has 0 spiro atoms. The van der Waals surface area contributed by atoms with Crippen LogP contribution in [0.25, 0.3) is 11.1 Å². The van der Waals surface area contributed by atoms with Crippen LogP contribution in [0.3, 0.4) is 0 Å². The molecule has 1 N–H and O–H groups in total. The molecule has 0 atom stereocenters. The minimum Gasteiger partial charge on any atom is -0.481 e. The first-order valence-electron chi connectivity index (χ1n) is 6.20. The number of aliphatic carboxylic acids is 1. The van der Waals surface area contributed by atoms with Gasteiger partial charge >= 0.3 is 12.1 Å². The van der Waals surface area contributed by atoms with Crippen molar-refractivity contribution in [3.8, 4) is 11.1 Å². The van der Waals surface area contributed by atoms with E-state index in [1.165, 1.54) is 29.1 Å². The zero-order valence-corrected chi connectivity index (χ0v) is 11.2. The second-order valence-corrected chi connectivity index (χ2v) is 4.60. The van der Waals surface area contributed by atoms with Crippen molar-refractivity contribution < 1.29 is 23.1 Å². The molecule has 2 aromatic rings. The SMILES string of the molecule is Cn1cc(-c2ccccc2C(F)(F)F)c(CCC(=O)O)n1. The summed E-state index contributed by atoms with van der Waals surface area (Å²) in [6, 6.07) is 5.20. The molecular formula is C14H13F3N2O2. The molecule has 1 aromatic heterocycles. The number of hydrogen-bond donors (Lipinski definition) is 1. The molecule has 112 valence electrons. The van der Waals surface area contributed by atoms with E-state index in [4.69, 9.17) is 5.11 Å². The number of aromatic nitrogens is 2. The maximum atomic E-state index is 13.1. The molecule has 0 amide bonds. The molecule has 0 saturated heterocycles. The third kappa shape index (κ3) is 3.42. The summed E-state index contributed by atoms with van der Waals surface area (Å²) in [7, 11) is 1.59. The Labute approximate surface area is 118 Å². The number of rotatable bonds is 4. The van der Waals surface area contributed by atoms with Crippen LogP contribution in [-0.2, 0) is 24.4 Å². The molecule has 1 heterocycles. The first-order chi connectivity index (χ1) is 9.79. The molecule has 21 heavy (non-hydrogen) atoms. The van der Waals surface area contributed by atoms with Gasteiger partial charge in [0.05, 0.1) is 17.7 Å². The maximum absolute atomic E-state index is 13.1. The van der Waals surface area contributed by atoms with Crippen LogP contribution in [0.1, 0.15) is 17.7 Å². The number of carboxylic acids is 1. The Hall–Kier alpha value is -2.31. The van der Waals surface area contributed by atoms with E-state index in [1.54, 1.807) is 7.05 Å². The lowest BCUT2D eigenvalue weighted by Gasteiger charge is -2.12. The monoisotopic (exact) mass is 298 g/mol. The van der Waals surface area contributed by atoms with Crippen molar-refractivity contribution in [1.29, 1.82) is 0 Å². The summed E-state index contributed by atoms with van der Waals surface area (Å²) in [6.45, 7) is 0. The van der Waals surface area contributed by atoms with E-state index in [0.717, 1.165) is 6.07 Å². The molecule has 0 aliphatic rings. The molecule has 0 bridgehead atoms. The Morgan fingerprint density at radius 1 is 1.29 bits per heavy atom. The van der Waals surface area contributed by atoms with Crippen LogP contribution >= 0.6 is 0 Å². The summed E-state index contributed by atoms with van der Waals surface area (Å²) in [5, 5.41) is 12.8. The molecule has 4 nitrogen and oxygen atoms in total. The van der Waals surface area contributed by atoms with E-state index in [0.29, 0.717) is 11.3 Å². The van der Waals surface area contributed by atoms with Gasteiger partial charge in [0.1, 0.15) is 0 Å². The second-order valence-electron chi connectivity index (χ2n) is 4.60. The lowest BCUT2D eigenvalue weighted by atomic mass is 9.98. The minimum atomic E-state index is -4.48. The normalized spacial score (nSPS) is 11.6. The predicted octanol–water partition coefficient (Wildman–Crippen LogP) is 3.12. The van der Waals surface area contributed by atoms with E-state index in [2.05, 4.69) is 5.10 Å². The van der Waals surface area contributed by atoms with Gasteiger partial charge in [-0.25, -0.2) is 0 Å². The van der Waals surface area contributed by atoms with Gasteiger partial charge in [-0.3, -0.25) is 9.48 Å². The number of aryl methyl sites for hydroxylation is 2. The largest absolute Gasteiger partial charge is 0.481 e. The van der Waals surface area contributed by atoms with Crippen LogP contribution in [0.4, 0.5) is 13.2 Å². The Balaban J connectivity index is 2.50. The summed E-state index contributed by atoms with van der Waals surface area (Å²) in [5.41, 5.74) is -0.0867. The van der Waals surface area contributed by atoms with E-state index >= 15 is 0 Å². The zero-order chi connectivity index (χ0) is 15.6. The summed E-state index contributed by atoms with van der Waals surface area (Å²) >= 11 is 0. The van der Waals surface area contributed by atoms with Crippen molar-refractivity contribution in [3.63, 3.8) is 0 Å². The zero-order valence-electron chi connectivity index (χ0n) is 11.2. The first kappa shape index (κ1) is 15.1. The quantitative estimate of drug-likeness (QED) is 0.943. The molecule has 7 heteroatoms. The van der Waals surface area contributed by atoms with Gasteiger partial charge in [-0.1, -0.05) is 18.2 Å². The summed E-state index contributed by atoms with van der Waals surface area (Å²) in [6.07, 6.45) is -3.10. The number of halogens is 3. The van der Waals surface area contributed by atoms with Gasteiger partial charge in [-0.15, -0.1) is 0 Å². The molecule has 0 fully saturated rings. The Kier molecular flexibility index (Phi) is 4.02. The van der Waals surface area contributed by atoms with Crippen LogP contribution < -0.4 is 0 Å². The minimum absolute atomic E-state index is 0.0125.